The maximum absolute atomic E-state index is 12.4. The van der Waals surface area contributed by atoms with Crippen LogP contribution in [0, 0.1) is 5.92 Å². The second-order valence-corrected chi connectivity index (χ2v) is 8.04. The van der Waals surface area contributed by atoms with Gasteiger partial charge in [0.15, 0.2) is 0 Å². The number of carbonyl (C=O) groups is 1. The van der Waals surface area contributed by atoms with E-state index in [2.05, 4.69) is 4.74 Å². The monoisotopic (exact) mass is 334 g/mol. The van der Waals surface area contributed by atoms with Gasteiger partial charge in [-0.2, -0.15) is 4.31 Å². The number of sulfonamides is 1. The Morgan fingerprint density at radius 2 is 2.25 bits per heavy atom. The normalized spacial score (nSPS) is 19.9. The summed E-state index contributed by atoms with van der Waals surface area (Å²) in [5, 5.41) is 0. The summed E-state index contributed by atoms with van der Waals surface area (Å²) in [7, 11) is -2.30. The molecule has 0 amide bonds. The lowest BCUT2D eigenvalue weighted by Gasteiger charge is -2.14. The summed E-state index contributed by atoms with van der Waals surface area (Å²) in [6.45, 7) is 0.456. The predicted molar refractivity (Wildman–Crippen MR) is 79.1 cm³/mol. The van der Waals surface area contributed by atoms with E-state index in [9.17, 15) is 13.2 Å². The van der Waals surface area contributed by atoms with Crippen molar-refractivity contribution in [1.82, 2.24) is 4.31 Å². The van der Waals surface area contributed by atoms with Crippen molar-refractivity contribution in [1.29, 1.82) is 0 Å². The Bertz CT molecular complexity index is 638. The molecule has 2 rings (SSSR count). The molecule has 0 radical (unpaired) electrons. The summed E-state index contributed by atoms with van der Waals surface area (Å²) in [5.41, 5.74) is 5.48. The van der Waals surface area contributed by atoms with Crippen molar-refractivity contribution in [2.75, 3.05) is 20.2 Å². The Morgan fingerprint density at radius 3 is 2.80 bits per heavy atom. The van der Waals surface area contributed by atoms with Gasteiger partial charge >= 0.3 is 5.97 Å². The van der Waals surface area contributed by atoms with E-state index in [1.807, 2.05) is 0 Å². The van der Waals surface area contributed by atoms with Gasteiger partial charge in [-0.3, -0.25) is 4.79 Å². The van der Waals surface area contributed by atoms with Crippen molar-refractivity contribution in [3.05, 3.63) is 17.0 Å². The third-order valence-electron chi connectivity index (χ3n) is 3.10. The van der Waals surface area contributed by atoms with E-state index in [1.165, 1.54) is 17.5 Å². The Balaban J connectivity index is 2.19. The first-order chi connectivity index (χ1) is 9.36. The van der Waals surface area contributed by atoms with E-state index in [0.717, 1.165) is 11.3 Å². The van der Waals surface area contributed by atoms with E-state index in [1.54, 1.807) is 6.07 Å². The molecule has 1 atom stereocenters. The quantitative estimate of drug-likeness (QED) is 0.639. The lowest BCUT2D eigenvalue weighted by Crippen LogP contribution is -2.29. The second kappa shape index (κ2) is 5.76. The van der Waals surface area contributed by atoms with Crippen LogP contribution in [0.3, 0.4) is 0 Å². The van der Waals surface area contributed by atoms with Gasteiger partial charge in [-0.1, -0.05) is 12.2 Å². The number of hydrogen-bond acceptors (Lipinski definition) is 6. The van der Waals surface area contributed by atoms with Crippen molar-refractivity contribution in [2.24, 2.45) is 11.7 Å². The SMILES string of the molecule is COC(=O)C1CCN(S(=O)(=O)c2ccc(C(N)=S)s2)C1. The number of ether oxygens (including phenoxy) is 1. The van der Waals surface area contributed by atoms with Gasteiger partial charge in [0.05, 0.1) is 17.9 Å². The van der Waals surface area contributed by atoms with E-state index >= 15 is 0 Å². The number of carbonyl (C=O) groups excluding carboxylic acids is 1. The summed E-state index contributed by atoms with van der Waals surface area (Å²) < 4.78 is 31.0. The molecule has 2 heterocycles. The molecule has 2 N–H and O–H groups in total. The van der Waals surface area contributed by atoms with Crippen LogP contribution in [0.2, 0.25) is 0 Å². The van der Waals surface area contributed by atoms with Gasteiger partial charge in [-0.25, -0.2) is 8.42 Å². The Labute approximate surface area is 126 Å². The number of rotatable bonds is 4. The van der Waals surface area contributed by atoms with Crippen LogP contribution in [0.4, 0.5) is 0 Å². The summed E-state index contributed by atoms with van der Waals surface area (Å²) in [6.07, 6.45) is 0.472. The molecule has 1 fully saturated rings. The van der Waals surface area contributed by atoms with Gasteiger partial charge < -0.3 is 10.5 Å². The van der Waals surface area contributed by atoms with Crippen LogP contribution in [0.25, 0.3) is 0 Å². The molecule has 0 aromatic carbocycles. The summed E-state index contributed by atoms with van der Waals surface area (Å²) in [5.74, 6) is -0.775. The molecular formula is C11H14N2O4S3. The standard InChI is InChI=1S/C11H14N2O4S3/c1-17-11(14)7-4-5-13(6-7)20(15,16)9-3-2-8(19-9)10(12)18/h2-3,7H,4-6H2,1H3,(H2,12,18). The van der Waals surface area contributed by atoms with Gasteiger partial charge in [0, 0.05) is 13.1 Å². The summed E-state index contributed by atoms with van der Waals surface area (Å²) >= 11 is 5.86. The number of nitrogens with zero attached hydrogens (tertiary/aromatic N) is 1. The topological polar surface area (TPSA) is 89.7 Å². The van der Waals surface area contributed by atoms with Crippen LogP contribution >= 0.6 is 23.6 Å². The molecule has 1 aliphatic heterocycles. The predicted octanol–water partition coefficient (Wildman–Crippen LogP) is 0.566. The lowest BCUT2D eigenvalue weighted by atomic mass is 10.1. The van der Waals surface area contributed by atoms with Crippen LogP contribution in [0.15, 0.2) is 16.3 Å². The summed E-state index contributed by atoms with van der Waals surface area (Å²) in [6, 6.07) is 3.08. The molecule has 1 aromatic heterocycles. The maximum atomic E-state index is 12.4. The minimum absolute atomic E-state index is 0.148. The van der Waals surface area contributed by atoms with E-state index < -0.39 is 15.9 Å². The number of thiophene rings is 1. The Hall–Kier alpha value is -1.03. The third kappa shape index (κ3) is 2.85. The highest BCUT2D eigenvalue weighted by Crippen LogP contribution is 2.29. The van der Waals surface area contributed by atoms with Crippen LogP contribution in [0.5, 0.6) is 0 Å². The lowest BCUT2D eigenvalue weighted by molar-refractivity contribution is -0.144. The highest BCUT2D eigenvalue weighted by atomic mass is 32.2. The van der Waals surface area contributed by atoms with E-state index in [4.69, 9.17) is 18.0 Å². The molecule has 0 aliphatic carbocycles. The second-order valence-electron chi connectivity index (χ2n) is 4.35. The molecule has 1 aromatic rings. The van der Waals surface area contributed by atoms with Crippen LogP contribution in [-0.4, -0.2) is 43.9 Å². The fraction of sp³-hybridized carbons (Fsp3) is 0.455. The molecule has 1 aliphatic rings. The Kier molecular flexibility index (Phi) is 4.43. The van der Waals surface area contributed by atoms with Gasteiger partial charge in [-0.15, -0.1) is 11.3 Å². The molecule has 0 spiro atoms. The van der Waals surface area contributed by atoms with Crippen LogP contribution < -0.4 is 5.73 Å². The van der Waals surface area contributed by atoms with E-state index in [0.29, 0.717) is 17.8 Å². The van der Waals surface area contributed by atoms with Crippen molar-refractivity contribution in [3.63, 3.8) is 0 Å². The molecule has 1 unspecified atom stereocenters. The average Bonchev–Trinajstić information content (AvgIpc) is 3.06. The molecule has 6 nitrogen and oxygen atoms in total. The molecule has 110 valence electrons. The van der Waals surface area contributed by atoms with Crippen molar-refractivity contribution in [3.8, 4) is 0 Å². The van der Waals surface area contributed by atoms with Gasteiger partial charge in [0.25, 0.3) is 10.0 Å². The average molecular weight is 334 g/mol. The zero-order valence-electron chi connectivity index (χ0n) is 10.7. The highest BCUT2D eigenvalue weighted by molar-refractivity contribution is 7.91. The first kappa shape index (κ1) is 15.4. The largest absolute Gasteiger partial charge is 0.469 e. The minimum Gasteiger partial charge on any atom is -0.469 e. The highest BCUT2D eigenvalue weighted by Gasteiger charge is 2.37. The van der Waals surface area contributed by atoms with Crippen molar-refractivity contribution in [2.45, 2.75) is 10.6 Å². The minimum atomic E-state index is -3.60. The first-order valence-electron chi connectivity index (χ1n) is 5.84. The van der Waals surface area contributed by atoms with E-state index in [-0.39, 0.29) is 21.7 Å². The number of nitrogens with two attached hydrogens (primary N) is 1. The zero-order valence-corrected chi connectivity index (χ0v) is 13.2. The fourth-order valence-electron chi connectivity index (χ4n) is 2.02. The number of methoxy groups -OCH3 is 1. The Morgan fingerprint density at radius 1 is 1.55 bits per heavy atom. The summed E-state index contributed by atoms with van der Waals surface area (Å²) in [4.78, 5) is 12.2. The molecule has 0 bridgehead atoms. The zero-order chi connectivity index (χ0) is 14.9. The molecule has 9 heteroatoms. The molecule has 0 saturated carbocycles. The number of thiocarbonyl (C=S) groups is 1. The molecular weight excluding hydrogens is 320 g/mol. The van der Waals surface area contributed by atoms with Crippen LogP contribution in [0.1, 0.15) is 11.3 Å². The number of esters is 1. The van der Waals surface area contributed by atoms with Gasteiger partial charge in [0.1, 0.15) is 9.20 Å². The van der Waals surface area contributed by atoms with Crippen molar-refractivity contribution >= 4 is 44.5 Å². The maximum Gasteiger partial charge on any atom is 0.310 e. The third-order valence-corrected chi connectivity index (χ3v) is 6.90. The smallest absolute Gasteiger partial charge is 0.310 e. The fourth-order valence-corrected chi connectivity index (χ4v) is 5.03. The van der Waals surface area contributed by atoms with Gasteiger partial charge in [0.2, 0.25) is 0 Å². The molecule has 1 saturated heterocycles. The molecule has 20 heavy (non-hydrogen) atoms. The first-order valence-corrected chi connectivity index (χ1v) is 8.50. The van der Waals surface area contributed by atoms with Gasteiger partial charge in [-0.05, 0) is 18.6 Å². The number of hydrogen-bond donors (Lipinski definition) is 1. The van der Waals surface area contributed by atoms with Crippen LogP contribution in [-0.2, 0) is 19.6 Å². The van der Waals surface area contributed by atoms with Crippen molar-refractivity contribution < 1.29 is 17.9 Å².